The van der Waals surface area contributed by atoms with Crippen LogP contribution in [-0.4, -0.2) is 55.1 Å². The molecular weight excluding hydrogens is 377 g/mol. The fourth-order valence-electron chi connectivity index (χ4n) is 2.41. The molecule has 128 valence electrons. The number of hydrogen-bond acceptors (Lipinski definition) is 5. The molecule has 1 aromatic heterocycles. The van der Waals surface area contributed by atoms with Crippen LogP contribution in [0.25, 0.3) is 21.9 Å². The van der Waals surface area contributed by atoms with E-state index in [4.69, 9.17) is 9.52 Å². The fraction of sp³-hybridized carbons (Fsp3) is 0.125. The Labute approximate surface area is 166 Å². The number of fused-ring (bicyclic) bond motifs is 2. The Morgan fingerprint density at radius 1 is 1.08 bits per heavy atom. The van der Waals surface area contributed by atoms with Crippen molar-refractivity contribution in [3.05, 3.63) is 46.1 Å². The van der Waals surface area contributed by atoms with Gasteiger partial charge < -0.3 is 12.4 Å². The SMILES string of the molecule is CS(=O)c1cc(S(C)=O)c2oc3ccc(C(=O)O)cc3c(=O)c2c1.[H-].[H-].[Mg+2]. The van der Waals surface area contributed by atoms with E-state index < -0.39 is 33.0 Å². The Balaban J connectivity index is 0.00000225. The van der Waals surface area contributed by atoms with Crippen molar-refractivity contribution in [1.29, 1.82) is 0 Å². The molecule has 0 bridgehead atoms. The predicted molar refractivity (Wildman–Crippen MR) is 99.6 cm³/mol. The van der Waals surface area contributed by atoms with Crippen LogP contribution in [0.15, 0.2) is 49.3 Å². The largest absolute Gasteiger partial charge is 2.00 e. The van der Waals surface area contributed by atoms with Gasteiger partial charge in [0.1, 0.15) is 5.58 Å². The molecule has 0 saturated carbocycles. The number of rotatable bonds is 3. The van der Waals surface area contributed by atoms with Gasteiger partial charge in [-0.1, -0.05) is 0 Å². The van der Waals surface area contributed by atoms with E-state index in [2.05, 4.69) is 0 Å². The smallest absolute Gasteiger partial charge is 1.00 e. The van der Waals surface area contributed by atoms with Gasteiger partial charge in [0.2, 0.25) is 5.43 Å². The van der Waals surface area contributed by atoms with Gasteiger partial charge in [0.15, 0.2) is 5.58 Å². The summed E-state index contributed by atoms with van der Waals surface area (Å²) in [5.41, 5.74) is -0.128. The van der Waals surface area contributed by atoms with Gasteiger partial charge in [-0.3, -0.25) is 13.2 Å². The van der Waals surface area contributed by atoms with E-state index >= 15 is 0 Å². The van der Waals surface area contributed by atoms with Crippen LogP contribution in [0.3, 0.4) is 0 Å². The van der Waals surface area contributed by atoms with Crippen molar-refractivity contribution in [2.45, 2.75) is 9.79 Å². The van der Waals surface area contributed by atoms with Crippen LogP contribution < -0.4 is 5.43 Å². The Bertz CT molecular complexity index is 1130. The molecule has 2 aromatic carbocycles. The van der Waals surface area contributed by atoms with Gasteiger partial charge in [0.05, 0.1) is 32.0 Å². The van der Waals surface area contributed by atoms with Crippen LogP contribution >= 0.6 is 0 Å². The Morgan fingerprint density at radius 2 is 1.76 bits per heavy atom. The van der Waals surface area contributed by atoms with Crippen LogP contribution in [0.1, 0.15) is 13.2 Å². The molecule has 0 amide bonds. The first-order valence-corrected chi connectivity index (χ1v) is 9.86. The zero-order valence-corrected chi connectivity index (χ0v) is 16.4. The maximum absolute atomic E-state index is 12.8. The molecule has 3 rings (SSSR count). The van der Waals surface area contributed by atoms with Gasteiger partial charge in [0, 0.05) is 28.2 Å². The monoisotopic (exact) mass is 390 g/mol. The van der Waals surface area contributed by atoms with Crippen LogP contribution in [0.2, 0.25) is 0 Å². The van der Waals surface area contributed by atoms with Crippen LogP contribution in [-0.2, 0) is 21.6 Å². The average molecular weight is 391 g/mol. The van der Waals surface area contributed by atoms with E-state index in [0.29, 0.717) is 4.90 Å². The molecule has 0 aliphatic rings. The average Bonchev–Trinajstić information content (AvgIpc) is 2.53. The molecule has 1 N–H and O–H groups in total. The molecular formula is C16H14MgO6S2. The number of carboxylic acids is 1. The van der Waals surface area contributed by atoms with E-state index in [0.717, 1.165) is 0 Å². The second kappa shape index (κ2) is 7.36. The molecule has 0 spiro atoms. The van der Waals surface area contributed by atoms with Gasteiger partial charge in [-0.2, -0.15) is 0 Å². The minimum absolute atomic E-state index is 0. The molecule has 25 heavy (non-hydrogen) atoms. The number of hydrogen-bond donors (Lipinski definition) is 1. The number of carboxylic acid groups (broad SMARTS) is 1. The number of aromatic carboxylic acids is 1. The zero-order valence-electron chi connectivity index (χ0n) is 15.4. The molecule has 0 radical (unpaired) electrons. The van der Waals surface area contributed by atoms with E-state index in [1.807, 2.05) is 0 Å². The third-order valence-corrected chi connectivity index (χ3v) is 5.42. The first-order chi connectivity index (χ1) is 11.3. The molecule has 0 aliphatic heterocycles. The van der Waals surface area contributed by atoms with Gasteiger partial charge in [-0.15, -0.1) is 0 Å². The summed E-state index contributed by atoms with van der Waals surface area (Å²) in [6.07, 6.45) is 2.89. The summed E-state index contributed by atoms with van der Waals surface area (Å²) in [4.78, 5) is 24.5. The van der Waals surface area contributed by atoms with E-state index in [1.54, 1.807) is 0 Å². The van der Waals surface area contributed by atoms with Crippen molar-refractivity contribution in [2.75, 3.05) is 12.5 Å². The van der Waals surface area contributed by atoms with E-state index in [1.165, 1.54) is 42.8 Å². The first-order valence-electron chi connectivity index (χ1n) is 6.74. The standard InChI is InChI=1S/C16H12O6S2.Mg.2H/c1-23(20)9-6-11-14(17)10-5-8(16(18)19)3-4-12(10)22-15(11)13(7-9)24(2)21;;;/h3-7H,1-2H3,(H,18,19);;;/q;+2;2*-1. The Morgan fingerprint density at radius 3 is 2.32 bits per heavy atom. The van der Waals surface area contributed by atoms with Crippen molar-refractivity contribution in [2.24, 2.45) is 0 Å². The van der Waals surface area contributed by atoms with Crippen LogP contribution in [0.4, 0.5) is 0 Å². The first kappa shape index (κ1) is 19.8. The summed E-state index contributed by atoms with van der Waals surface area (Å²) in [6.45, 7) is 0. The minimum atomic E-state index is -1.45. The summed E-state index contributed by atoms with van der Waals surface area (Å²) in [6, 6.07) is 6.89. The normalized spacial score (nSPS) is 13.4. The van der Waals surface area contributed by atoms with Crippen LogP contribution in [0.5, 0.6) is 0 Å². The van der Waals surface area contributed by atoms with Gasteiger partial charge in [-0.25, -0.2) is 4.79 Å². The predicted octanol–water partition coefficient (Wildman–Crippen LogP) is 1.96. The van der Waals surface area contributed by atoms with E-state index in [-0.39, 0.29) is 58.3 Å². The molecule has 0 fully saturated rings. The van der Waals surface area contributed by atoms with E-state index in [9.17, 15) is 18.0 Å². The van der Waals surface area contributed by atoms with Crippen molar-refractivity contribution in [3.63, 3.8) is 0 Å². The van der Waals surface area contributed by atoms with Crippen LogP contribution in [0, 0.1) is 0 Å². The third kappa shape index (κ3) is 3.55. The Hall–Kier alpha value is -1.55. The van der Waals surface area contributed by atoms with Gasteiger partial charge in [0.25, 0.3) is 0 Å². The molecule has 3 aromatic rings. The van der Waals surface area contributed by atoms with Crippen molar-refractivity contribution >= 4 is 72.6 Å². The summed E-state index contributed by atoms with van der Waals surface area (Å²) in [7, 11) is -2.83. The number of carbonyl (C=O) groups is 1. The molecule has 2 unspecified atom stereocenters. The molecule has 0 saturated heterocycles. The quantitative estimate of drug-likeness (QED) is 0.542. The summed E-state index contributed by atoms with van der Waals surface area (Å²) < 4.78 is 29.5. The fourth-order valence-corrected chi connectivity index (χ4v) is 3.76. The maximum atomic E-state index is 12.8. The number of benzene rings is 2. The van der Waals surface area contributed by atoms with Gasteiger partial charge in [-0.05, 0) is 30.3 Å². The van der Waals surface area contributed by atoms with Crippen molar-refractivity contribution in [3.8, 4) is 0 Å². The molecule has 2 atom stereocenters. The molecule has 9 heteroatoms. The Kier molecular flexibility index (Phi) is 5.82. The molecule has 0 aliphatic carbocycles. The van der Waals surface area contributed by atoms with Crippen molar-refractivity contribution in [1.82, 2.24) is 0 Å². The second-order valence-electron chi connectivity index (χ2n) is 5.15. The third-order valence-electron chi connectivity index (χ3n) is 3.60. The van der Waals surface area contributed by atoms with Crippen molar-refractivity contribution < 1.29 is 25.6 Å². The topological polar surface area (TPSA) is 102 Å². The summed E-state index contributed by atoms with van der Waals surface area (Å²) in [5, 5.41) is 9.30. The molecule has 1 heterocycles. The summed E-state index contributed by atoms with van der Waals surface area (Å²) in [5.74, 6) is -1.16. The van der Waals surface area contributed by atoms with Gasteiger partial charge >= 0.3 is 29.0 Å². The maximum Gasteiger partial charge on any atom is 2.00 e. The zero-order chi connectivity index (χ0) is 17.6. The summed E-state index contributed by atoms with van der Waals surface area (Å²) >= 11 is 0. The minimum Gasteiger partial charge on any atom is -1.00 e. The molecule has 6 nitrogen and oxygen atoms in total. The second-order valence-corrected chi connectivity index (χ2v) is 7.88.